The zero-order valence-corrected chi connectivity index (χ0v) is 18.8. The highest BCUT2D eigenvalue weighted by atomic mass is 35.5. The Bertz CT molecular complexity index is 625. The average molecular weight is 404 g/mol. The van der Waals surface area contributed by atoms with Gasteiger partial charge in [-0.1, -0.05) is 81.5 Å². The third-order valence-corrected chi connectivity index (χ3v) is 5.16. The number of quaternary nitrogens is 1. The lowest BCUT2D eigenvalue weighted by molar-refractivity contribution is -0.903. The van der Waals surface area contributed by atoms with Crippen LogP contribution in [-0.2, 0) is 13.0 Å². The lowest BCUT2D eigenvalue weighted by Gasteiger charge is -2.29. The second kappa shape index (κ2) is 13.6. The molecular weight excluding hydrogens is 366 g/mol. The van der Waals surface area contributed by atoms with E-state index in [1.165, 1.54) is 56.1 Å². The van der Waals surface area contributed by atoms with E-state index in [-0.39, 0.29) is 12.4 Å². The van der Waals surface area contributed by atoms with Crippen molar-refractivity contribution < 1.29 is 21.6 Å². The van der Waals surface area contributed by atoms with Crippen LogP contribution in [0, 0.1) is 0 Å². The maximum absolute atomic E-state index is 5.86. The van der Waals surface area contributed by atoms with E-state index in [1.54, 1.807) is 0 Å². The predicted molar refractivity (Wildman–Crippen MR) is 116 cm³/mol. The maximum Gasteiger partial charge on any atom is 0.137 e. The second-order valence-corrected chi connectivity index (χ2v) is 8.31. The molecule has 0 saturated heterocycles. The fourth-order valence-corrected chi connectivity index (χ4v) is 3.42. The molecule has 28 heavy (non-hydrogen) atoms. The first-order valence-corrected chi connectivity index (χ1v) is 10.7. The van der Waals surface area contributed by atoms with Crippen molar-refractivity contribution >= 4 is 0 Å². The number of para-hydroxylation sites is 1. The summed E-state index contributed by atoms with van der Waals surface area (Å²) in [5, 5.41) is 0. The van der Waals surface area contributed by atoms with Gasteiger partial charge in [0, 0.05) is 5.56 Å². The summed E-state index contributed by atoms with van der Waals surface area (Å²) in [6.07, 6.45) is 9.41. The normalized spacial score (nSPS) is 11.1. The molecule has 0 radical (unpaired) electrons. The standard InChI is InChI=1S/C25H38NO.ClH/c1-4-5-6-7-8-10-13-23-16-18-24(19-17-23)22-26(2,3)20-21-27-25-14-11-9-12-15-25;/h9,11-12,14-19H,4-8,10,13,20-22H2,1-3H3;1H/q+1;/p-1. The highest BCUT2D eigenvalue weighted by Crippen LogP contribution is 2.15. The topological polar surface area (TPSA) is 9.23 Å². The van der Waals surface area contributed by atoms with Gasteiger partial charge in [0.25, 0.3) is 0 Å². The smallest absolute Gasteiger partial charge is 0.137 e. The summed E-state index contributed by atoms with van der Waals surface area (Å²) in [6, 6.07) is 19.3. The maximum atomic E-state index is 5.86. The fraction of sp³-hybridized carbons (Fsp3) is 0.520. The summed E-state index contributed by atoms with van der Waals surface area (Å²) in [7, 11) is 4.55. The lowest BCUT2D eigenvalue weighted by atomic mass is 10.0. The van der Waals surface area contributed by atoms with E-state index >= 15 is 0 Å². The number of aryl methyl sites for hydroxylation is 1. The van der Waals surface area contributed by atoms with Crippen LogP contribution in [0.1, 0.15) is 56.6 Å². The van der Waals surface area contributed by atoms with Gasteiger partial charge in [0.1, 0.15) is 25.4 Å². The molecular formula is C25H38ClNO. The summed E-state index contributed by atoms with van der Waals surface area (Å²) in [5.41, 5.74) is 2.89. The molecule has 0 N–H and O–H groups in total. The lowest BCUT2D eigenvalue weighted by Crippen LogP contribution is -3.00. The molecule has 2 rings (SSSR count). The molecule has 0 aliphatic carbocycles. The Morgan fingerprint density at radius 2 is 1.36 bits per heavy atom. The average Bonchev–Trinajstić information content (AvgIpc) is 2.66. The minimum Gasteiger partial charge on any atom is -1.00 e. The molecule has 0 unspecified atom stereocenters. The number of hydrogen-bond donors (Lipinski definition) is 0. The van der Waals surface area contributed by atoms with Crippen molar-refractivity contribution in [3.63, 3.8) is 0 Å². The minimum absolute atomic E-state index is 0. The molecule has 0 aliphatic rings. The zero-order chi connectivity index (χ0) is 19.4. The van der Waals surface area contributed by atoms with E-state index in [2.05, 4.69) is 45.3 Å². The molecule has 2 aromatic carbocycles. The zero-order valence-electron chi connectivity index (χ0n) is 18.0. The van der Waals surface area contributed by atoms with Crippen molar-refractivity contribution in [3.8, 4) is 5.75 Å². The number of ether oxygens (including phenoxy) is 1. The van der Waals surface area contributed by atoms with Crippen LogP contribution in [0.2, 0.25) is 0 Å². The Hall–Kier alpha value is -1.51. The van der Waals surface area contributed by atoms with E-state index in [0.29, 0.717) is 0 Å². The molecule has 0 aromatic heterocycles. The Morgan fingerprint density at radius 3 is 2.04 bits per heavy atom. The summed E-state index contributed by atoms with van der Waals surface area (Å²) in [4.78, 5) is 0. The SMILES string of the molecule is CCCCCCCCc1ccc(C[N+](C)(C)CCOc2ccccc2)cc1.[Cl-]. The van der Waals surface area contributed by atoms with Gasteiger partial charge in [-0.15, -0.1) is 0 Å². The molecule has 0 heterocycles. The van der Waals surface area contributed by atoms with Crippen LogP contribution in [0.4, 0.5) is 0 Å². The van der Waals surface area contributed by atoms with Crippen molar-refractivity contribution in [1.82, 2.24) is 0 Å². The first kappa shape index (κ1) is 24.5. The molecule has 0 bridgehead atoms. The van der Waals surface area contributed by atoms with Gasteiger partial charge in [-0.05, 0) is 30.5 Å². The third kappa shape index (κ3) is 10.1. The first-order chi connectivity index (χ1) is 13.1. The van der Waals surface area contributed by atoms with Gasteiger partial charge in [-0.2, -0.15) is 0 Å². The Balaban J connectivity index is 0.00000392. The van der Waals surface area contributed by atoms with Crippen molar-refractivity contribution in [2.75, 3.05) is 27.2 Å². The highest BCUT2D eigenvalue weighted by Gasteiger charge is 2.16. The monoisotopic (exact) mass is 403 g/mol. The van der Waals surface area contributed by atoms with Crippen LogP contribution in [0.5, 0.6) is 5.75 Å². The van der Waals surface area contributed by atoms with Gasteiger partial charge in [0.15, 0.2) is 0 Å². The largest absolute Gasteiger partial charge is 1.00 e. The molecule has 0 amide bonds. The number of rotatable bonds is 13. The number of halogens is 1. The van der Waals surface area contributed by atoms with E-state index in [1.807, 2.05) is 30.3 Å². The Kier molecular flexibility index (Phi) is 11.9. The Morgan fingerprint density at radius 1 is 0.750 bits per heavy atom. The summed E-state index contributed by atoms with van der Waals surface area (Å²) in [6.45, 7) is 5.05. The van der Waals surface area contributed by atoms with E-state index in [4.69, 9.17) is 4.74 Å². The van der Waals surface area contributed by atoms with E-state index in [9.17, 15) is 0 Å². The number of nitrogens with zero attached hydrogens (tertiary/aromatic N) is 1. The molecule has 0 saturated carbocycles. The molecule has 0 atom stereocenters. The summed E-state index contributed by atoms with van der Waals surface area (Å²) in [5.74, 6) is 0.955. The number of unbranched alkanes of at least 4 members (excludes halogenated alkanes) is 5. The van der Waals surface area contributed by atoms with Crippen molar-refractivity contribution in [2.45, 2.75) is 58.4 Å². The molecule has 2 aromatic rings. The number of benzene rings is 2. The molecule has 0 spiro atoms. The molecule has 0 fully saturated rings. The third-order valence-electron chi connectivity index (χ3n) is 5.16. The van der Waals surface area contributed by atoms with Gasteiger partial charge in [0.2, 0.25) is 0 Å². The molecule has 156 valence electrons. The first-order valence-electron chi connectivity index (χ1n) is 10.7. The molecule has 3 heteroatoms. The van der Waals surface area contributed by atoms with Crippen molar-refractivity contribution in [2.24, 2.45) is 0 Å². The van der Waals surface area contributed by atoms with Crippen LogP contribution >= 0.6 is 0 Å². The quantitative estimate of drug-likeness (QED) is 0.368. The van der Waals surface area contributed by atoms with Crippen molar-refractivity contribution in [3.05, 3.63) is 65.7 Å². The van der Waals surface area contributed by atoms with Crippen molar-refractivity contribution in [1.29, 1.82) is 0 Å². The van der Waals surface area contributed by atoms with E-state index < -0.39 is 0 Å². The molecule has 0 aliphatic heterocycles. The molecule has 2 nitrogen and oxygen atoms in total. The van der Waals surface area contributed by atoms with Crippen LogP contribution in [0.3, 0.4) is 0 Å². The summed E-state index contributed by atoms with van der Waals surface area (Å²) < 4.78 is 6.80. The van der Waals surface area contributed by atoms with Crippen LogP contribution in [0.25, 0.3) is 0 Å². The van der Waals surface area contributed by atoms with Crippen LogP contribution < -0.4 is 17.1 Å². The van der Waals surface area contributed by atoms with Gasteiger partial charge in [0.05, 0.1) is 14.1 Å². The number of hydrogen-bond acceptors (Lipinski definition) is 1. The Labute approximate surface area is 178 Å². The van der Waals surface area contributed by atoms with Gasteiger partial charge >= 0.3 is 0 Å². The number of likely N-dealkylation sites (N-methyl/N-ethyl adjacent to an activating group) is 1. The van der Waals surface area contributed by atoms with E-state index in [0.717, 1.165) is 29.9 Å². The second-order valence-electron chi connectivity index (χ2n) is 8.31. The van der Waals surface area contributed by atoms with Gasteiger partial charge < -0.3 is 21.6 Å². The van der Waals surface area contributed by atoms with Crippen LogP contribution in [-0.4, -0.2) is 31.7 Å². The predicted octanol–water partition coefficient (Wildman–Crippen LogP) is 3.25. The minimum atomic E-state index is 0. The van der Waals surface area contributed by atoms with Gasteiger partial charge in [-0.25, -0.2) is 0 Å². The van der Waals surface area contributed by atoms with Crippen LogP contribution in [0.15, 0.2) is 54.6 Å². The highest BCUT2D eigenvalue weighted by molar-refractivity contribution is 5.22. The fourth-order valence-electron chi connectivity index (χ4n) is 3.42. The van der Waals surface area contributed by atoms with Gasteiger partial charge in [-0.3, -0.25) is 0 Å². The summed E-state index contributed by atoms with van der Waals surface area (Å²) >= 11 is 0.